The molecule has 2 unspecified atom stereocenters. The van der Waals surface area contributed by atoms with Gasteiger partial charge in [-0.3, -0.25) is 10.1 Å². The van der Waals surface area contributed by atoms with Gasteiger partial charge in [-0.25, -0.2) is 13.1 Å². The smallest absolute Gasteiger partial charge is 0.273 e. The van der Waals surface area contributed by atoms with E-state index in [4.69, 9.17) is 5.73 Å². The molecule has 136 valence electrons. The van der Waals surface area contributed by atoms with Crippen molar-refractivity contribution in [3.63, 3.8) is 0 Å². The highest BCUT2D eigenvalue weighted by Gasteiger charge is 2.30. The quantitative estimate of drug-likeness (QED) is 0.603. The van der Waals surface area contributed by atoms with Gasteiger partial charge in [-0.2, -0.15) is 0 Å². The molecule has 9 heteroatoms. The van der Waals surface area contributed by atoms with Crippen LogP contribution < -0.4 is 10.5 Å². The molecule has 0 heterocycles. The average Bonchev–Trinajstić information content (AvgIpc) is 2.46. The summed E-state index contributed by atoms with van der Waals surface area (Å²) in [5.41, 5.74) is 6.50. The number of hydrogen-bond donors (Lipinski definition) is 2. The van der Waals surface area contributed by atoms with E-state index < -0.39 is 14.9 Å². The third-order valence-electron chi connectivity index (χ3n) is 4.50. The van der Waals surface area contributed by atoms with Crippen molar-refractivity contribution in [1.82, 2.24) is 4.72 Å². The summed E-state index contributed by atoms with van der Waals surface area (Å²) in [4.78, 5) is 10.5. The van der Waals surface area contributed by atoms with E-state index in [1.54, 1.807) is 13.8 Å². The molecule has 7 nitrogen and oxygen atoms in total. The Morgan fingerprint density at radius 1 is 1.25 bits per heavy atom. The van der Waals surface area contributed by atoms with Gasteiger partial charge in [-0.05, 0) is 50.8 Å². The average molecular weight is 378 g/mol. The zero-order chi connectivity index (χ0) is 17.2. The third-order valence-corrected chi connectivity index (χ3v) is 6.13. The lowest BCUT2D eigenvalue weighted by Gasteiger charge is -2.31. The van der Waals surface area contributed by atoms with Crippen LogP contribution in [0.3, 0.4) is 0 Å². The first kappa shape index (κ1) is 20.8. The number of nitrogens with zero attached hydrogens (tertiary/aromatic N) is 1. The van der Waals surface area contributed by atoms with Crippen LogP contribution in [0.25, 0.3) is 0 Å². The number of aryl methyl sites for hydroxylation is 2. The molecule has 1 fully saturated rings. The minimum Gasteiger partial charge on any atom is -0.330 e. The van der Waals surface area contributed by atoms with Crippen LogP contribution in [0.2, 0.25) is 0 Å². The molecule has 1 aromatic rings. The van der Waals surface area contributed by atoms with Gasteiger partial charge in [0.15, 0.2) is 0 Å². The van der Waals surface area contributed by atoms with E-state index in [9.17, 15) is 18.5 Å². The molecule has 3 N–H and O–H groups in total. The highest BCUT2D eigenvalue weighted by molar-refractivity contribution is 7.89. The number of nitro benzene ring substituents is 1. The van der Waals surface area contributed by atoms with Crippen molar-refractivity contribution in [3.8, 4) is 0 Å². The van der Waals surface area contributed by atoms with Crippen LogP contribution >= 0.6 is 12.4 Å². The van der Waals surface area contributed by atoms with Crippen LogP contribution in [0.4, 0.5) is 5.69 Å². The molecule has 1 saturated carbocycles. The normalized spacial score (nSPS) is 21.1. The number of hydrogen-bond acceptors (Lipinski definition) is 5. The second kappa shape index (κ2) is 8.24. The fraction of sp³-hybridized carbons (Fsp3) is 0.600. The monoisotopic (exact) mass is 377 g/mol. The minimum absolute atomic E-state index is 0. The van der Waals surface area contributed by atoms with Gasteiger partial charge in [-0.1, -0.05) is 12.8 Å². The first-order valence-corrected chi connectivity index (χ1v) is 9.22. The van der Waals surface area contributed by atoms with E-state index in [1.165, 1.54) is 6.07 Å². The molecule has 1 aliphatic rings. The Morgan fingerprint density at radius 3 is 2.46 bits per heavy atom. The van der Waals surface area contributed by atoms with Gasteiger partial charge < -0.3 is 5.73 Å². The van der Waals surface area contributed by atoms with E-state index in [0.29, 0.717) is 17.7 Å². The Labute approximate surface area is 148 Å². The van der Waals surface area contributed by atoms with Gasteiger partial charge in [0, 0.05) is 17.7 Å². The molecule has 24 heavy (non-hydrogen) atoms. The van der Waals surface area contributed by atoms with Crippen molar-refractivity contribution in [1.29, 1.82) is 0 Å². The zero-order valence-electron chi connectivity index (χ0n) is 13.8. The summed E-state index contributed by atoms with van der Waals surface area (Å²) >= 11 is 0. The van der Waals surface area contributed by atoms with Gasteiger partial charge in [0.05, 0.1) is 9.82 Å². The molecule has 0 aliphatic heterocycles. The molecule has 1 aliphatic carbocycles. The van der Waals surface area contributed by atoms with Gasteiger partial charge in [0.2, 0.25) is 10.0 Å². The van der Waals surface area contributed by atoms with Gasteiger partial charge >= 0.3 is 0 Å². The molecule has 0 aromatic heterocycles. The number of benzene rings is 1. The highest BCUT2D eigenvalue weighted by atomic mass is 35.5. The van der Waals surface area contributed by atoms with Crippen molar-refractivity contribution in [3.05, 3.63) is 33.4 Å². The molecular weight excluding hydrogens is 354 g/mol. The van der Waals surface area contributed by atoms with E-state index in [2.05, 4.69) is 4.72 Å². The molecule has 0 spiro atoms. The highest BCUT2D eigenvalue weighted by Crippen LogP contribution is 2.28. The van der Waals surface area contributed by atoms with Crippen molar-refractivity contribution in [2.75, 3.05) is 6.54 Å². The van der Waals surface area contributed by atoms with Crippen LogP contribution in [0.1, 0.15) is 36.8 Å². The number of nitrogens with one attached hydrogen (secondary N) is 1. The summed E-state index contributed by atoms with van der Waals surface area (Å²) in [6, 6.07) is 2.47. The Bertz CT molecular complexity index is 709. The van der Waals surface area contributed by atoms with Crippen LogP contribution in [-0.2, 0) is 10.0 Å². The maximum Gasteiger partial charge on any atom is 0.273 e. The van der Waals surface area contributed by atoms with E-state index in [0.717, 1.165) is 31.7 Å². The molecule has 0 radical (unpaired) electrons. The SMILES string of the molecule is Cc1cc(C)c(S(=O)(=O)NC2CCCCC2CN)cc1[N+](=O)[O-].Cl. The van der Waals surface area contributed by atoms with E-state index >= 15 is 0 Å². The first-order chi connectivity index (χ1) is 10.8. The number of nitro groups is 1. The van der Waals surface area contributed by atoms with Crippen LogP contribution in [-0.4, -0.2) is 25.9 Å². The number of nitrogens with two attached hydrogens (primary N) is 1. The van der Waals surface area contributed by atoms with E-state index in [-0.39, 0.29) is 34.9 Å². The predicted octanol–water partition coefficient (Wildman–Crippen LogP) is 2.43. The Balaban J connectivity index is 0.00000288. The lowest BCUT2D eigenvalue weighted by molar-refractivity contribution is -0.385. The zero-order valence-corrected chi connectivity index (χ0v) is 15.5. The van der Waals surface area contributed by atoms with Crippen molar-refractivity contribution < 1.29 is 13.3 Å². The van der Waals surface area contributed by atoms with E-state index in [1.807, 2.05) is 0 Å². The second-order valence-electron chi connectivity index (χ2n) is 6.17. The first-order valence-electron chi connectivity index (χ1n) is 7.74. The summed E-state index contributed by atoms with van der Waals surface area (Å²) in [6.45, 7) is 3.67. The fourth-order valence-electron chi connectivity index (χ4n) is 3.22. The molecule has 2 rings (SSSR count). The topological polar surface area (TPSA) is 115 Å². The van der Waals surface area contributed by atoms with Crippen LogP contribution in [0.15, 0.2) is 17.0 Å². The molecule has 0 bridgehead atoms. The van der Waals surface area contributed by atoms with Gasteiger partial charge in [-0.15, -0.1) is 12.4 Å². The standard InChI is InChI=1S/C15H23N3O4S.ClH/c1-10-7-11(2)15(8-14(10)18(19)20)23(21,22)17-13-6-4-3-5-12(13)9-16;/h7-8,12-13,17H,3-6,9,16H2,1-2H3;1H. The van der Waals surface area contributed by atoms with Gasteiger partial charge in [0.1, 0.15) is 0 Å². The second-order valence-corrected chi connectivity index (χ2v) is 7.85. The van der Waals surface area contributed by atoms with Crippen molar-refractivity contribution in [2.45, 2.75) is 50.5 Å². The van der Waals surface area contributed by atoms with Crippen molar-refractivity contribution >= 4 is 28.1 Å². The van der Waals surface area contributed by atoms with Crippen LogP contribution in [0, 0.1) is 29.9 Å². The Hall–Kier alpha value is -1.22. The number of halogens is 1. The summed E-state index contributed by atoms with van der Waals surface area (Å²) in [5.74, 6) is 0.110. The summed E-state index contributed by atoms with van der Waals surface area (Å²) in [7, 11) is -3.82. The predicted molar refractivity (Wildman–Crippen MR) is 94.9 cm³/mol. The molecule has 1 aromatic carbocycles. The molecule has 0 saturated heterocycles. The largest absolute Gasteiger partial charge is 0.330 e. The molecule has 0 amide bonds. The maximum absolute atomic E-state index is 12.7. The number of sulfonamides is 1. The minimum atomic E-state index is -3.82. The summed E-state index contributed by atoms with van der Waals surface area (Å²) < 4.78 is 28.1. The lowest BCUT2D eigenvalue weighted by Crippen LogP contribution is -2.44. The van der Waals surface area contributed by atoms with Crippen LogP contribution in [0.5, 0.6) is 0 Å². The number of rotatable bonds is 5. The maximum atomic E-state index is 12.7. The fourth-order valence-corrected chi connectivity index (χ4v) is 4.80. The Kier molecular flexibility index (Phi) is 7.15. The lowest BCUT2D eigenvalue weighted by atomic mass is 9.85. The summed E-state index contributed by atoms with van der Waals surface area (Å²) in [6.07, 6.45) is 3.65. The summed E-state index contributed by atoms with van der Waals surface area (Å²) in [5, 5.41) is 11.1. The van der Waals surface area contributed by atoms with Gasteiger partial charge in [0.25, 0.3) is 5.69 Å². The third kappa shape index (κ3) is 4.44. The molecule has 2 atom stereocenters. The molecular formula is C15H24ClN3O4S. The van der Waals surface area contributed by atoms with Crippen molar-refractivity contribution in [2.24, 2.45) is 11.7 Å². The Morgan fingerprint density at radius 2 is 1.88 bits per heavy atom.